The summed E-state index contributed by atoms with van der Waals surface area (Å²) in [5, 5.41) is 27.9. The minimum Gasteiger partial charge on any atom is -0.505 e. The Bertz CT molecular complexity index is 529. The van der Waals surface area contributed by atoms with Crippen LogP contribution in [0.4, 0.5) is 4.39 Å². The van der Waals surface area contributed by atoms with Crippen molar-refractivity contribution in [3.63, 3.8) is 0 Å². The second kappa shape index (κ2) is 5.56. The van der Waals surface area contributed by atoms with Crippen LogP contribution in [0.3, 0.4) is 0 Å². The summed E-state index contributed by atoms with van der Waals surface area (Å²) in [6.07, 6.45) is 1.64. The van der Waals surface area contributed by atoms with Gasteiger partial charge in [-0.25, -0.2) is 4.39 Å². The van der Waals surface area contributed by atoms with E-state index in [2.05, 4.69) is 6.58 Å². The molecule has 0 fully saturated rings. The van der Waals surface area contributed by atoms with Crippen molar-refractivity contribution in [3.05, 3.63) is 53.3 Å². The van der Waals surface area contributed by atoms with E-state index in [0.717, 1.165) is 0 Å². The summed E-state index contributed by atoms with van der Waals surface area (Å²) >= 11 is 0. The molecule has 100 valence electrons. The van der Waals surface area contributed by atoms with Crippen LogP contribution in [0.2, 0.25) is 0 Å². The fourth-order valence-electron chi connectivity index (χ4n) is 1.97. The van der Waals surface area contributed by atoms with Gasteiger partial charge in [0.05, 0.1) is 12.7 Å². The molecule has 0 amide bonds. The van der Waals surface area contributed by atoms with Crippen LogP contribution in [0.1, 0.15) is 18.1 Å². The van der Waals surface area contributed by atoms with Gasteiger partial charge in [0.15, 0.2) is 11.6 Å². The molecule has 0 aliphatic carbocycles. The Labute approximate surface area is 110 Å². The van der Waals surface area contributed by atoms with Crippen molar-refractivity contribution in [2.75, 3.05) is 6.61 Å². The normalized spacial score (nSPS) is 19.2. The first-order valence-electron chi connectivity index (χ1n) is 5.84. The summed E-state index contributed by atoms with van der Waals surface area (Å²) in [6.45, 7) is 3.36. The monoisotopic (exact) mass is 264 g/mol. The van der Waals surface area contributed by atoms with Crippen LogP contribution in [0, 0.1) is 5.82 Å². The Hall–Kier alpha value is -1.63. The van der Waals surface area contributed by atoms with E-state index in [-0.39, 0.29) is 6.61 Å². The summed E-state index contributed by atoms with van der Waals surface area (Å²) in [5.74, 6) is -1.16. The average Bonchev–Trinajstić information content (AvgIpc) is 2.41. The van der Waals surface area contributed by atoms with Gasteiger partial charge in [-0.1, -0.05) is 18.7 Å². The van der Waals surface area contributed by atoms with E-state index in [1.54, 1.807) is 6.08 Å². The van der Waals surface area contributed by atoms with Gasteiger partial charge in [0, 0.05) is 0 Å². The molecule has 0 bridgehead atoms. The molecule has 3 N–H and O–H groups in total. The quantitative estimate of drug-likeness (QED) is 0.723. The van der Waals surface area contributed by atoms with Gasteiger partial charge in [0.2, 0.25) is 0 Å². The van der Waals surface area contributed by atoms with Gasteiger partial charge >= 0.3 is 7.12 Å². The fourth-order valence-corrected chi connectivity index (χ4v) is 1.97. The Kier molecular flexibility index (Phi) is 4.04. The number of aliphatic hydroxyl groups excluding tert-OH is 1. The maximum absolute atomic E-state index is 13.3. The van der Waals surface area contributed by atoms with E-state index in [0.29, 0.717) is 23.0 Å². The van der Waals surface area contributed by atoms with Crippen LogP contribution < -0.4 is 0 Å². The minimum atomic E-state index is -1.20. The van der Waals surface area contributed by atoms with E-state index in [9.17, 15) is 9.41 Å². The molecule has 0 radical (unpaired) electrons. The second-order valence-corrected chi connectivity index (χ2v) is 4.34. The van der Waals surface area contributed by atoms with E-state index >= 15 is 0 Å². The molecule has 19 heavy (non-hydrogen) atoms. The summed E-state index contributed by atoms with van der Waals surface area (Å²) in [5.41, 5.74) is 1.36. The lowest BCUT2D eigenvalue weighted by Crippen LogP contribution is -2.29. The van der Waals surface area contributed by atoms with Crippen molar-refractivity contribution in [2.24, 2.45) is 0 Å². The van der Waals surface area contributed by atoms with Crippen molar-refractivity contribution >= 4 is 7.12 Å². The zero-order chi connectivity index (χ0) is 14.0. The highest BCUT2D eigenvalue weighted by molar-refractivity contribution is 6.54. The number of halogens is 1. The predicted molar refractivity (Wildman–Crippen MR) is 68.8 cm³/mol. The highest BCUT2D eigenvalue weighted by Gasteiger charge is 2.30. The molecule has 1 aliphatic heterocycles. The molecule has 1 unspecified atom stereocenters. The molecule has 0 aromatic heterocycles. The number of phenolic OH excluding ortho intramolecular Hbond substituents is 1. The topological polar surface area (TPSA) is 69.9 Å². The van der Waals surface area contributed by atoms with Crippen molar-refractivity contribution in [1.82, 2.24) is 0 Å². The van der Waals surface area contributed by atoms with Crippen LogP contribution in [0.15, 0.2) is 41.9 Å². The average molecular weight is 264 g/mol. The molecule has 6 heteroatoms. The van der Waals surface area contributed by atoms with Crippen LogP contribution in [-0.2, 0) is 4.65 Å². The molecule has 4 nitrogen and oxygen atoms in total. The molecule has 1 aromatic carbocycles. The molecule has 0 spiro atoms. The summed E-state index contributed by atoms with van der Waals surface area (Å²) in [6, 6.07) is 3.95. The summed E-state index contributed by atoms with van der Waals surface area (Å²) in [7, 11) is -1.20. The summed E-state index contributed by atoms with van der Waals surface area (Å²) in [4.78, 5) is 0. The summed E-state index contributed by atoms with van der Waals surface area (Å²) < 4.78 is 18.6. The molecule has 1 aromatic rings. The van der Waals surface area contributed by atoms with Gasteiger partial charge < -0.3 is 19.9 Å². The highest BCUT2D eigenvalue weighted by atomic mass is 19.1. The molecule has 0 saturated heterocycles. The third-order valence-corrected chi connectivity index (χ3v) is 3.05. The number of hydrogen-bond acceptors (Lipinski definition) is 4. The van der Waals surface area contributed by atoms with Gasteiger partial charge in [-0.3, -0.25) is 0 Å². The van der Waals surface area contributed by atoms with E-state index in [1.165, 1.54) is 18.2 Å². The lowest BCUT2D eigenvalue weighted by molar-refractivity contribution is 0.167. The first-order valence-corrected chi connectivity index (χ1v) is 5.84. The Morgan fingerprint density at radius 2 is 2.26 bits per heavy atom. The van der Waals surface area contributed by atoms with Gasteiger partial charge in [-0.15, -0.1) is 0 Å². The number of aliphatic hydroxyl groups is 1. The fraction of sp³-hybridized carbons (Fsp3) is 0.231. The van der Waals surface area contributed by atoms with Gasteiger partial charge in [0.1, 0.15) is 0 Å². The number of hydrogen-bond donors (Lipinski definition) is 3. The number of rotatable bonds is 3. The Balaban J connectivity index is 2.19. The Morgan fingerprint density at radius 3 is 2.84 bits per heavy atom. The third kappa shape index (κ3) is 2.86. The molecule has 1 atom stereocenters. The van der Waals surface area contributed by atoms with Gasteiger partial charge in [-0.05, 0) is 35.2 Å². The van der Waals surface area contributed by atoms with Crippen LogP contribution in [0.25, 0.3) is 0 Å². The molecular formula is C13H14BFO4. The third-order valence-electron chi connectivity index (χ3n) is 3.05. The number of aromatic hydroxyl groups is 1. The molecule has 1 heterocycles. The molecule has 2 rings (SSSR count). The first kappa shape index (κ1) is 13.8. The van der Waals surface area contributed by atoms with Gasteiger partial charge in [-0.2, -0.15) is 0 Å². The molecular weight excluding hydrogens is 250 g/mol. The maximum atomic E-state index is 13.3. The zero-order valence-corrected chi connectivity index (χ0v) is 10.2. The number of benzene rings is 1. The maximum Gasteiger partial charge on any atom is 0.491 e. The second-order valence-electron chi connectivity index (χ2n) is 4.34. The SMILES string of the molecule is C=C(CO)C1=CCC(c2ccc(O)c(F)c2)OB1O. The zero-order valence-electron chi connectivity index (χ0n) is 10.2. The van der Waals surface area contributed by atoms with Crippen molar-refractivity contribution in [2.45, 2.75) is 12.5 Å². The first-order chi connectivity index (χ1) is 9.02. The van der Waals surface area contributed by atoms with Gasteiger partial charge in [0.25, 0.3) is 0 Å². The van der Waals surface area contributed by atoms with E-state index in [4.69, 9.17) is 14.9 Å². The van der Waals surface area contributed by atoms with Crippen molar-refractivity contribution in [1.29, 1.82) is 0 Å². The van der Waals surface area contributed by atoms with Crippen LogP contribution in [0.5, 0.6) is 5.75 Å². The highest BCUT2D eigenvalue weighted by Crippen LogP contribution is 2.32. The lowest BCUT2D eigenvalue weighted by atomic mass is 9.71. The largest absolute Gasteiger partial charge is 0.505 e. The standard InChI is InChI=1S/C13H14BFO4/c1-8(7-16)10-3-5-13(19-14(10)18)9-2-4-12(17)11(15)6-9/h2-4,6,13,16-18H,1,5,7H2. The number of phenols is 1. The van der Waals surface area contributed by atoms with E-state index in [1.807, 2.05) is 0 Å². The lowest BCUT2D eigenvalue weighted by Gasteiger charge is -2.26. The molecule has 0 saturated carbocycles. The van der Waals surface area contributed by atoms with Crippen LogP contribution >= 0.6 is 0 Å². The van der Waals surface area contributed by atoms with E-state index < -0.39 is 24.8 Å². The predicted octanol–water partition coefficient (Wildman–Crippen LogP) is 1.49. The minimum absolute atomic E-state index is 0.259. The van der Waals surface area contributed by atoms with Crippen molar-refractivity contribution < 1.29 is 24.3 Å². The Morgan fingerprint density at radius 1 is 1.53 bits per heavy atom. The molecule has 1 aliphatic rings. The van der Waals surface area contributed by atoms with Crippen molar-refractivity contribution in [3.8, 4) is 5.75 Å². The smallest absolute Gasteiger partial charge is 0.491 e. The van der Waals surface area contributed by atoms with Crippen LogP contribution in [-0.4, -0.2) is 29.0 Å².